The average Bonchev–Trinajstić information content (AvgIpc) is 2.16. The number of carbonyl (C=O) groups is 1. The van der Waals surface area contributed by atoms with Gasteiger partial charge in [0.25, 0.3) is 0 Å². The number of carbonyl (C=O) groups excluding carboxylic acids is 1. The molecule has 0 aromatic heterocycles. The molecule has 0 amide bonds. The van der Waals surface area contributed by atoms with E-state index in [1.54, 1.807) is 0 Å². The van der Waals surface area contributed by atoms with E-state index in [0.717, 1.165) is 6.42 Å². The first-order valence-corrected chi connectivity index (χ1v) is 6.76. The van der Waals surface area contributed by atoms with Crippen molar-refractivity contribution in [3.63, 3.8) is 0 Å². The van der Waals surface area contributed by atoms with E-state index in [-0.39, 0.29) is 5.97 Å². The highest BCUT2D eigenvalue weighted by atomic mass is 28.3. The summed E-state index contributed by atoms with van der Waals surface area (Å²) in [5.41, 5.74) is 0.328. The Morgan fingerprint density at radius 1 is 1.27 bits per heavy atom. The summed E-state index contributed by atoms with van der Waals surface area (Å²) >= 11 is 0. The molecule has 1 atom stereocenters. The van der Waals surface area contributed by atoms with Crippen LogP contribution >= 0.6 is 0 Å². The van der Waals surface area contributed by atoms with Gasteiger partial charge in [0.15, 0.2) is 0 Å². The second-order valence-corrected chi connectivity index (χ2v) is 5.42. The molecule has 0 bridgehead atoms. The Morgan fingerprint density at radius 2 is 1.80 bits per heavy atom. The third kappa shape index (κ3) is 7.53. The Morgan fingerprint density at radius 3 is 2.20 bits per heavy atom. The van der Waals surface area contributed by atoms with Gasteiger partial charge in [0.05, 0.1) is 6.61 Å². The lowest BCUT2D eigenvalue weighted by molar-refractivity contribution is -0.141. The van der Waals surface area contributed by atoms with Crippen LogP contribution in [0.2, 0.25) is 5.54 Å². The Kier molecular flexibility index (Phi) is 8.65. The predicted molar refractivity (Wildman–Crippen MR) is 59.7 cm³/mol. The molecule has 0 aliphatic rings. The third-order valence-electron chi connectivity index (χ3n) is 1.83. The molecule has 15 heavy (non-hydrogen) atoms. The normalized spacial score (nSPS) is 12.9. The van der Waals surface area contributed by atoms with Gasteiger partial charge in [-0.1, -0.05) is 6.92 Å². The summed E-state index contributed by atoms with van der Waals surface area (Å²) in [6.45, 7) is 9.21. The fourth-order valence-corrected chi connectivity index (χ4v) is 2.68. The quantitative estimate of drug-likeness (QED) is 0.474. The van der Waals surface area contributed by atoms with Gasteiger partial charge in [-0.05, 0) is 20.3 Å². The summed E-state index contributed by atoms with van der Waals surface area (Å²) in [6, 6.07) is 0. The number of rotatable bonds is 8. The molecule has 0 saturated carbocycles. The van der Waals surface area contributed by atoms with Gasteiger partial charge < -0.3 is 13.6 Å². The highest BCUT2D eigenvalue weighted by Gasteiger charge is 2.23. The lowest BCUT2D eigenvalue weighted by atomic mass is 10.3. The number of hydrogen-bond donors (Lipinski definition) is 0. The first kappa shape index (κ1) is 14.6. The van der Waals surface area contributed by atoms with Gasteiger partial charge in [-0.15, -0.1) is 0 Å². The molecule has 1 radical (unpaired) electrons. The van der Waals surface area contributed by atoms with Crippen molar-refractivity contribution < 1.29 is 18.4 Å². The van der Waals surface area contributed by atoms with Crippen LogP contribution in [0, 0.1) is 0 Å². The molecule has 0 aliphatic heterocycles. The third-order valence-corrected chi connectivity index (χ3v) is 4.07. The summed E-state index contributed by atoms with van der Waals surface area (Å²) < 4.78 is 16.0. The smallest absolute Gasteiger partial charge is 0.387 e. The van der Waals surface area contributed by atoms with Crippen LogP contribution in [0.15, 0.2) is 0 Å². The van der Waals surface area contributed by atoms with Gasteiger partial charge >= 0.3 is 15.3 Å². The minimum absolute atomic E-state index is 0.233. The zero-order valence-electron chi connectivity index (χ0n) is 10.0. The second kappa shape index (κ2) is 8.88. The van der Waals surface area contributed by atoms with Crippen LogP contribution in [0.25, 0.3) is 0 Å². The highest BCUT2D eigenvalue weighted by Crippen LogP contribution is 2.16. The van der Waals surface area contributed by atoms with E-state index in [4.69, 9.17) is 13.6 Å². The molecule has 1 unspecified atom stereocenters. The zero-order valence-corrected chi connectivity index (χ0v) is 11.0. The van der Waals surface area contributed by atoms with Crippen LogP contribution in [0.5, 0.6) is 0 Å². The van der Waals surface area contributed by atoms with Crippen LogP contribution in [0.3, 0.4) is 0 Å². The van der Waals surface area contributed by atoms with E-state index in [9.17, 15) is 4.79 Å². The molecule has 0 saturated heterocycles. The number of esters is 1. The second-order valence-electron chi connectivity index (χ2n) is 3.21. The molecule has 0 rings (SSSR count). The molecule has 0 N–H and O–H groups in total. The van der Waals surface area contributed by atoms with Gasteiger partial charge in [0.1, 0.15) is 0 Å². The number of ether oxygens (including phenoxy) is 1. The molecule has 0 fully saturated rings. The van der Waals surface area contributed by atoms with Crippen LogP contribution in [0.4, 0.5) is 0 Å². The van der Waals surface area contributed by atoms with Crippen molar-refractivity contribution in [3.8, 4) is 0 Å². The molecular weight excluding hydrogens is 212 g/mol. The van der Waals surface area contributed by atoms with Gasteiger partial charge in [-0.3, -0.25) is 4.79 Å². The van der Waals surface area contributed by atoms with E-state index in [2.05, 4.69) is 6.92 Å². The van der Waals surface area contributed by atoms with Gasteiger partial charge in [-0.25, -0.2) is 0 Å². The lowest BCUT2D eigenvalue weighted by Crippen LogP contribution is -2.28. The van der Waals surface area contributed by atoms with E-state index >= 15 is 0 Å². The minimum Gasteiger partial charge on any atom is -0.466 e. The first-order valence-electron chi connectivity index (χ1n) is 5.37. The Labute approximate surface area is 93.8 Å². The first-order chi connectivity index (χ1) is 7.11. The topological polar surface area (TPSA) is 44.8 Å². The van der Waals surface area contributed by atoms with Crippen molar-refractivity contribution in [2.75, 3.05) is 19.8 Å². The zero-order chi connectivity index (χ0) is 11.7. The summed E-state index contributed by atoms with van der Waals surface area (Å²) in [4.78, 5) is 10.6. The molecule has 5 heteroatoms. The molecule has 4 nitrogen and oxygen atoms in total. The summed E-state index contributed by atoms with van der Waals surface area (Å²) in [5, 5.41) is 0. The maximum absolute atomic E-state index is 10.6. The van der Waals surface area contributed by atoms with Crippen molar-refractivity contribution >= 4 is 15.3 Å². The van der Waals surface area contributed by atoms with Crippen LogP contribution in [-0.2, 0) is 18.4 Å². The maximum atomic E-state index is 10.6. The molecule has 89 valence electrons. The summed E-state index contributed by atoms with van der Waals surface area (Å²) in [7, 11) is -1.21. The van der Waals surface area contributed by atoms with E-state index in [1.165, 1.54) is 6.92 Å². The monoisotopic (exact) mass is 233 g/mol. The van der Waals surface area contributed by atoms with Crippen LogP contribution < -0.4 is 0 Å². The molecule has 0 aromatic carbocycles. The molecule has 0 spiro atoms. The van der Waals surface area contributed by atoms with Crippen LogP contribution in [0.1, 0.15) is 34.1 Å². The fraction of sp³-hybridized carbons (Fsp3) is 0.900. The lowest BCUT2D eigenvalue weighted by Gasteiger charge is -2.19. The van der Waals surface area contributed by atoms with E-state index in [0.29, 0.717) is 25.4 Å². The fourth-order valence-electron chi connectivity index (χ4n) is 1.11. The van der Waals surface area contributed by atoms with Gasteiger partial charge in [-0.2, -0.15) is 0 Å². The standard InChI is InChI=1S/C10H21O4Si/c1-5-13-15(14-6-2)9(3)7-8-12-10(4)11/h9H,5-8H2,1-4H3. The summed E-state index contributed by atoms with van der Waals surface area (Å²) in [6.07, 6.45) is 0.799. The highest BCUT2D eigenvalue weighted by molar-refractivity contribution is 6.46. The SMILES string of the molecule is CCO[Si](OCC)C(C)CCOC(C)=O. The van der Waals surface area contributed by atoms with Crippen molar-refractivity contribution in [2.45, 2.75) is 39.7 Å². The molecule has 0 heterocycles. The number of hydrogen-bond acceptors (Lipinski definition) is 4. The summed E-state index contributed by atoms with van der Waals surface area (Å²) in [5.74, 6) is -0.233. The predicted octanol–water partition coefficient (Wildman–Crippen LogP) is 1.89. The van der Waals surface area contributed by atoms with Crippen molar-refractivity contribution in [2.24, 2.45) is 0 Å². The maximum Gasteiger partial charge on any atom is 0.387 e. The van der Waals surface area contributed by atoms with Gasteiger partial charge in [0.2, 0.25) is 0 Å². The average molecular weight is 233 g/mol. The molecule has 0 aromatic rings. The van der Waals surface area contributed by atoms with Crippen molar-refractivity contribution in [1.29, 1.82) is 0 Å². The molecule has 0 aliphatic carbocycles. The Balaban J connectivity index is 3.79. The Hall–Kier alpha value is -0.393. The van der Waals surface area contributed by atoms with Crippen molar-refractivity contribution in [3.05, 3.63) is 0 Å². The van der Waals surface area contributed by atoms with Crippen LogP contribution in [-0.4, -0.2) is 35.1 Å². The van der Waals surface area contributed by atoms with E-state index < -0.39 is 9.28 Å². The van der Waals surface area contributed by atoms with Crippen molar-refractivity contribution in [1.82, 2.24) is 0 Å². The van der Waals surface area contributed by atoms with Gasteiger partial charge in [0, 0.05) is 25.7 Å². The van der Waals surface area contributed by atoms with E-state index in [1.807, 2.05) is 13.8 Å². The largest absolute Gasteiger partial charge is 0.466 e. The molecular formula is C10H21O4Si. The Bertz CT molecular complexity index is 169. The minimum atomic E-state index is -1.21.